The minimum atomic E-state index is -4.12. The smallest absolute Gasteiger partial charge is 0.391 e. The van der Waals surface area contributed by atoms with Crippen molar-refractivity contribution in [2.45, 2.75) is 76.8 Å². The minimum absolute atomic E-state index is 0. The number of hydrogen-bond acceptors (Lipinski definition) is 4. The number of likely N-dealkylation sites (tertiary alicyclic amines) is 1. The van der Waals surface area contributed by atoms with Crippen molar-refractivity contribution in [3.8, 4) is 0 Å². The normalized spacial score (nSPS) is 26.8. The van der Waals surface area contributed by atoms with Gasteiger partial charge in [-0.05, 0) is 64.5 Å². The first-order chi connectivity index (χ1) is 15.0. The van der Waals surface area contributed by atoms with Gasteiger partial charge >= 0.3 is 12.1 Å². The van der Waals surface area contributed by atoms with Crippen LogP contribution in [0.3, 0.4) is 0 Å². The van der Waals surface area contributed by atoms with Gasteiger partial charge in [0, 0.05) is 29.6 Å². The molecule has 2 aromatic rings. The number of carboxylic acid groups (broad SMARTS) is 1. The third kappa shape index (κ3) is 5.14. The third-order valence-corrected chi connectivity index (χ3v) is 7.42. The van der Waals surface area contributed by atoms with E-state index in [4.69, 9.17) is 10.1 Å². The average Bonchev–Trinajstić information content (AvgIpc) is 3.10. The summed E-state index contributed by atoms with van der Waals surface area (Å²) in [6, 6.07) is 1.93. The molecule has 1 saturated heterocycles. The molecular weight excluding hydrogens is 457 g/mol. The third-order valence-electron chi connectivity index (χ3n) is 7.42. The topological polar surface area (TPSA) is 70.7 Å². The standard InChI is InChI=1S/C23H31F3N4O2.ClH/c1-14-15(2)27-19-11-18(16-5-7-17(8-6-16)23(24,25)26)28-30(19)21(14)22(3)9-4-10-29(13-22)12-20(31)32;/h11,16-17H,4-10,12-13H2,1-3H3,(H,31,32);1H/t16?,17?,22-;/m1./s1. The molecule has 1 atom stereocenters. The molecule has 3 heterocycles. The molecule has 0 bridgehead atoms. The Morgan fingerprint density at radius 3 is 2.52 bits per heavy atom. The Morgan fingerprint density at radius 1 is 1.24 bits per heavy atom. The van der Waals surface area contributed by atoms with Crippen molar-refractivity contribution >= 4 is 24.0 Å². The Labute approximate surface area is 198 Å². The first-order valence-corrected chi connectivity index (χ1v) is 11.4. The van der Waals surface area contributed by atoms with Gasteiger partial charge in [0.1, 0.15) is 0 Å². The molecule has 1 saturated carbocycles. The Morgan fingerprint density at radius 2 is 1.91 bits per heavy atom. The van der Waals surface area contributed by atoms with E-state index in [1.165, 1.54) is 0 Å². The predicted molar refractivity (Wildman–Crippen MR) is 121 cm³/mol. The second-order valence-corrected chi connectivity index (χ2v) is 9.87. The summed E-state index contributed by atoms with van der Waals surface area (Å²) in [5.74, 6) is -2.04. The summed E-state index contributed by atoms with van der Waals surface area (Å²) in [7, 11) is 0. The lowest BCUT2D eigenvalue weighted by Crippen LogP contribution is -2.47. The van der Waals surface area contributed by atoms with Crippen LogP contribution in [0.4, 0.5) is 13.2 Å². The van der Waals surface area contributed by atoms with Crippen LogP contribution in [0.15, 0.2) is 6.07 Å². The molecule has 4 rings (SSSR count). The Balaban J connectivity index is 0.00000306. The summed E-state index contributed by atoms with van der Waals surface area (Å²) >= 11 is 0. The summed E-state index contributed by atoms with van der Waals surface area (Å²) in [6.45, 7) is 7.51. The van der Waals surface area contributed by atoms with Gasteiger partial charge in [-0.3, -0.25) is 9.69 Å². The van der Waals surface area contributed by atoms with Crippen molar-refractivity contribution in [1.29, 1.82) is 0 Å². The zero-order chi connectivity index (χ0) is 23.3. The quantitative estimate of drug-likeness (QED) is 0.652. The van der Waals surface area contributed by atoms with Crippen molar-refractivity contribution in [1.82, 2.24) is 19.5 Å². The van der Waals surface area contributed by atoms with E-state index in [0.717, 1.165) is 42.0 Å². The van der Waals surface area contributed by atoms with Crippen LogP contribution in [0.5, 0.6) is 0 Å². The van der Waals surface area contributed by atoms with Crippen LogP contribution in [0, 0.1) is 19.8 Å². The highest BCUT2D eigenvalue weighted by molar-refractivity contribution is 5.85. The number of fused-ring (bicyclic) bond motifs is 1. The molecule has 2 aromatic heterocycles. The number of carbonyl (C=O) groups is 1. The molecule has 2 aliphatic rings. The predicted octanol–water partition coefficient (Wildman–Crippen LogP) is 5.04. The van der Waals surface area contributed by atoms with Gasteiger partial charge in [-0.15, -0.1) is 12.4 Å². The molecule has 6 nitrogen and oxygen atoms in total. The van der Waals surface area contributed by atoms with E-state index < -0.39 is 18.1 Å². The fraction of sp³-hybridized carbons (Fsp3) is 0.696. The maximum atomic E-state index is 13.1. The van der Waals surface area contributed by atoms with Crippen LogP contribution in [0.25, 0.3) is 5.65 Å². The summed E-state index contributed by atoms with van der Waals surface area (Å²) in [5, 5.41) is 14.1. The Hall–Kier alpha value is -1.87. The second kappa shape index (κ2) is 9.41. The maximum Gasteiger partial charge on any atom is 0.391 e. The van der Waals surface area contributed by atoms with Gasteiger partial charge in [0.2, 0.25) is 0 Å². The molecule has 1 N–H and O–H groups in total. The van der Waals surface area contributed by atoms with E-state index in [1.807, 2.05) is 29.3 Å². The number of nitrogens with zero attached hydrogens (tertiary/aromatic N) is 4. The Bertz CT molecular complexity index is 1020. The fourth-order valence-electron chi connectivity index (χ4n) is 5.71. The molecule has 0 spiro atoms. The highest BCUT2D eigenvalue weighted by atomic mass is 35.5. The van der Waals surface area contributed by atoms with E-state index in [-0.39, 0.29) is 43.1 Å². The number of piperidine rings is 1. The van der Waals surface area contributed by atoms with Crippen LogP contribution in [0.2, 0.25) is 0 Å². The van der Waals surface area contributed by atoms with Crippen molar-refractivity contribution in [3.05, 3.63) is 28.7 Å². The van der Waals surface area contributed by atoms with Gasteiger partial charge < -0.3 is 5.11 Å². The van der Waals surface area contributed by atoms with Gasteiger partial charge in [0.15, 0.2) is 5.65 Å². The van der Waals surface area contributed by atoms with E-state index in [1.54, 1.807) is 0 Å². The van der Waals surface area contributed by atoms with E-state index in [2.05, 4.69) is 6.92 Å². The second-order valence-electron chi connectivity index (χ2n) is 9.87. The van der Waals surface area contributed by atoms with Crippen LogP contribution in [-0.2, 0) is 10.2 Å². The highest BCUT2D eigenvalue weighted by Crippen LogP contribution is 2.43. The molecule has 1 aliphatic carbocycles. The van der Waals surface area contributed by atoms with E-state index >= 15 is 0 Å². The van der Waals surface area contributed by atoms with Crippen LogP contribution in [0.1, 0.15) is 74.0 Å². The summed E-state index contributed by atoms with van der Waals surface area (Å²) in [6.07, 6.45) is -1.08. The monoisotopic (exact) mass is 488 g/mol. The molecule has 0 unspecified atom stereocenters. The zero-order valence-corrected chi connectivity index (χ0v) is 20.1. The lowest BCUT2D eigenvalue weighted by molar-refractivity contribution is -0.182. The van der Waals surface area contributed by atoms with E-state index in [9.17, 15) is 23.1 Å². The lowest BCUT2D eigenvalue weighted by Gasteiger charge is -2.41. The number of alkyl halides is 3. The molecule has 0 amide bonds. The summed E-state index contributed by atoms with van der Waals surface area (Å²) < 4.78 is 41.1. The number of rotatable bonds is 4. The van der Waals surface area contributed by atoms with E-state index in [0.29, 0.717) is 25.0 Å². The van der Waals surface area contributed by atoms with Gasteiger partial charge in [0.25, 0.3) is 0 Å². The fourth-order valence-corrected chi connectivity index (χ4v) is 5.71. The minimum Gasteiger partial charge on any atom is -0.480 e. The van der Waals surface area contributed by atoms with Crippen molar-refractivity contribution < 1.29 is 23.1 Å². The van der Waals surface area contributed by atoms with Crippen LogP contribution >= 0.6 is 12.4 Å². The summed E-state index contributed by atoms with van der Waals surface area (Å²) in [4.78, 5) is 18.0. The molecule has 0 aromatic carbocycles. The Kier molecular flexibility index (Phi) is 7.34. The van der Waals surface area contributed by atoms with Gasteiger partial charge in [-0.1, -0.05) is 6.92 Å². The number of hydrogen-bond donors (Lipinski definition) is 1. The molecule has 184 valence electrons. The van der Waals surface area contributed by atoms with Crippen molar-refractivity contribution in [2.24, 2.45) is 5.92 Å². The highest BCUT2D eigenvalue weighted by Gasteiger charge is 2.42. The zero-order valence-electron chi connectivity index (χ0n) is 19.3. The number of halogens is 4. The van der Waals surface area contributed by atoms with Gasteiger partial charge in [-0.25, -0.2) is 9.50 Å². The van der Waals surface area contributed by atoms with Crippen LogP contribution in [-0.4, -0.2) is 56.4 Å². The van der Waals surface area contributed by atoms with Crippen molar-refractivity contribution in [2.75, 3.05) is 19.6 Å². The number of aryl methyl sites for hydroxylation is 1. The molecule has 10 heteroatoms. The molecule has 33 heavy (non-hydrogen) atoms. The van der Waals surface area contributed by atoms with Gasteiger partial charge in [-0.2, -0.15) is 18.3 Å². The number of aromatic nitrogens is 3. The largest absolute Gasteiger partial charge is 0.480 e. The molecule has 0 radical (unpaired) electrons. The summed E-state index contributed by atoms with van der Waals surface area (Å²) in [5.41, 5.74) is 4.20. The SMILES string of the molecule is Cc1nc2cc(C3CCC(C(F)(F)F)CC3)nn2c([C@]2(C)CCCN(CC(=O)O)C2)c1C.Cl. The lowest BCUT2D eigenvalue weighted by atomic mass is 9.77. The molecule has 1 aliphatic heterocycles. The number of aliphatic carboxylic acids is 1. The van der Waals surface area contributed by atoms with Crippen molar-refractivity contribution in [3.63, 3.8) is 0 Å². The average molecular weight is 489 g/mol. The molecule has 2 fully saturated rings. The van der Waals surface area contributed by atoms with Crippen LogP contribution < -0.4 is 0 Å². The first-order valence-electron chi connectivity index (χ1n) is 11.4. The molecular formula is C23H32ClF3N4O2. The van der Waals surface area contributed by atoms with Gasteiger partial charge in [0.05, 0.1) is 23.9 Å². The first kappa shape index (κ1) is 25.7. The maximum absolute atomic E-state index is 13.1. The number of carboxylic acids is 1.